The molecule has 1 aliphatic rings. The van der Waals surface area contributed by atoms with Gasteiger partial charge < -0.3 is 4.42 Å². The number of fused-ring (bicyclic) bond motifs is 1. The molecule has 182 valence electrons. The normalized spacial score (nSPS) is 15.1. The van der Waals surface area contributed by atoms with Gasteiger partial charge in [-0.1, -0.05) is 88.2 Å². The van der Waals surface area contributed by atoms with E-state index in [1.165, 1.54) is 24.8 Å². The third-order valence-electron chi connectivity index (χ3n) is 6.96. The fraction of sp³-hybridized carbons (Fsp3) is 0.414. The zero-order valence-electron chi connectivity index (χ0n) is 21.0. The summed E-state index contributed by atoms with van der Waals surface area (Å²) in [6.07, 6.45) is 6.06. The molecular formula is C29H33N3O2S. The molecule has 1 fully saturated rings. The van der Waals surface area contributed by atoms with Crippen LogP contribution in [-0.2, 0) is 11.2 Å². The molecule has 4 aromatic rings. The summed E-state index contributed by atoms with van der Waals surface area (Å²) >= 11 is 1.65. The Balaban J connectivity index is 1.50. The van der Waals surface area contributed by atoms with Crippen molar-refractivity contribution in [1.82, 2.24) is 14.8 Å². The highest BCUT2D eigenvalue weighted by Crippen LogP contribution is 2.37. The van der Waals surface area contributed by atoms with Crippen LogP contribution in [0.3, 0.4) is 0 Å². The van der Waals surface area contributed by atoms with E-state index in [4.69, 9.17) is 4.42 Å². The first-order chi connectivity index (χ1) is 16.8. The standard InChI is InChI=1S/C29H33N3O2S/c1-19-10-15-24-21(17-26(33)34-25(24)16-19)18-35-28-31-30-27(32(28)23-8-6-5-7-9-23)20-11-13-22(14-12-20)29(2,3)4/h10-17,23H,5-9,18H2,1-4H3. The molecule has 0 N–H and O–H groups in total. The monoisotopic (exact) mass is 487 g/mol. The van der Waals surface area contributed by atoms with Gasteiger partial charge in [0.05, 0.1) is 0 Å². The Morgan fingerprint density at radius 2 is 1.74 bits per heavy atom. The number of thioether (sulfide) groups is 1. The van der Waals surface area contributed by atoms with Crippen LogP contribution in [0.15, 0.2) is 62.9 Å². The number of hydrogen-bond donors (Lipinski definition) is 0. The van der Waals surface area contributed by atoms with E-state index in [0.29, 0.717) is 17.4 Å². The average molecular weight is 488 g/mol. The van der Waals surface area contributed by atoms with Crippen molar-refractivity contribution in [2.75, 3.05) is 0 Å². The second-order valence-electron chi connectivity index (χ2n) is 10.7. The van der Waals surface area contributed by atoms with Gasteiger partial charge in [0.2, 0.25) is 0 Å². The van der Waals surface area contributed by atoms with Gasteiger partial charge in [-0.05, 0) is 47.9 Å². The molecule has 1 aliphatic carbocycles. The van der Waals surface area contributed by atoms with Crippen LogP contribution in [0.25, 0.3) is 22.4 Å². The predicted octanol–water partition coefficient (Wildman–Crippen LogP) is 7.45. The lowest BCUT2D eigenvalue weighted by Gasteiger charge is -2.26. The van der Waals surface area contributed by atoms with Crippen molar-refractivity contribution in [3.05, 3.63) is 75.6 Å². The summed E-state index contributed by atoms with van der Waals surface area (Å²) in [6, 6.07) is 16.8. The molecule has 0 bridgehead atoms. The fourth-order valence-corrected chi connectivity index (χ4v) is 5.96. The zero-order valence-corrected chi connectivity index (χ0v) is 21.8. The first-order valence-corrected chi connectivity index (χ1v) is 13.5. The van der Waals surface area contributed by atoms with E-state index in [1.54, 1.807) is 17.8 Å². The predicted molar refractivity (Wildman–Crippen MR) is 143 cm³/mol. The first kappa shape index (κ1) is 23.9. The topological polar surface area (TPSA) is 60.9 Å². The maximum atomic E-state index is 12.2. The number of benzene rings is 2. The average Bonchev–Trinajstić information content (AvgIpc) is 3.26. The third kappa shape index (κ3) is 5.08. The highest BCUT2D eigenvalue weighted by Gasteiger charge is 2.24. The molecule has 5 nitrogen and oxygen atoms in total. The van der Waals surface area contributed by atoms with Gasteiger partial charge in [-0.3, -0.25) is 4.57 Å². The van der Waals surface area contributed by atoms with Gasteiger partial charge in [-0.25, -0.2) is 4.79 Å². The largest absolute Gasteiger partial charge is 0.423 e. The molecule has 1 saturated carbocycles. The van der Waals surface area contributed by atoms with Gasteiger partial charge in [0.1, 0.15) is 5.58 Å². The molecule has 0 amide bonds. The van der Waals surface area contributed by atoms with E-state index >= 15 is 0 Å². The molecule has 35 heavy (non-hydrogen) atoms. The van der Waals surface area contributed by atoms with Crippen LogP contribution in [0.2, 0.25) is 0 Å². The van der Waals surface area contributed by atoms with E-state index in [9.17, 15) is 4.79 Å². The van der Waals surface area contributed by atoms with Crippen LogP contribution >= 0.6 is 11.8 Å². The summed E-state index contributed by atoms with van der Waals surface area (Å²) in [5.41, 5.74) is 4.89. The van der Waals surface area contributed by atoms with Crippen molar-refractivity contribution < 1.29 is 4.42 Å². The molecular weight excluding hydrogens is 454 g/mol. The zero-order chi connectivity index (χ0) is 24.6. The van der Waals surface area contributed by atoms with E-state index in [0.717, 1.165) is 45.9 Å². The minimum Gasteiger partial charge on any atom is -0.423 e. The number of aryl methyl sites for hydroxylation is 1. The third-order valence-corrected chi connectivity index (χ3v) is 7.95. The van der Waals surface area contributed by atoms with Crippen molar-refractivity contribution in [2.24, 2.45) is 0 Å². The van der Waals surface area contributed by atoms with Crippen molar-refractivity contribution in [3.63, 3.8) is 0 Å². The molecule has 0 aliphatic heterocycles. The summed E-state index contributed by atoms with van der Waals surface area (Å²) in [4.78, 5) is 12.2. The van der Waals surface area contributed by atoms with Gasteiger partial charge >= 0.3 is 5.63 Å². The Labute approximate surface area is 211 Å². The van der Waals surface area contributed by atoms with Gasteiger partial charge in [-0.15, -0.1) is 10.2 Å². The van der Waals surface area contributed by atoms with Gasteiger partial charge in [0.25, 0.3) is 0 Å². The highest BCUT2D eigenvalue weighted by molar-refractivity contribution is 7.98. The Hall–Kier alpha value is -2.86. The molecule has 0 unspecified atom stereocenters. The summed E-state index contributed by atoms with van der Waals surface area (Å²) < 4.78 is 7.81. The second-order valence-corrected chi connectivity index (χ2v) is 11.6. The Kier molecular flexibility index (Phi) is 6.58. The van der Waals surface area contributed by atoms with Gasteiger partial charge in [0, 0.05) is 28.8 Å². The van der Waals surface area contributed by atoms with Crippen molar-refractivity contribution >= 4 is 22.7 Å². The molecule has 0 saturated heterocycles. The lowest BCUT2D eigenvalue weighted by molar-refractivity contribution is 0.339. The lowest BCUT2D eigenvalue weighted by atomic mass is 9.86. The molecule has 2 aromatic carbocycles. The van der Waals surface area contributed by atoms with Crippen LogP contribution in [-0.4, -0.2) is 14.8 Å². The SMILES string of the molecule is Cc1ccc2c(CSc3nnc(-c4ccc(C(C)(C)C)cc4)n3C3CCCCC3)cc(=O)oc2c1. The number of nitrogens with zero attached hydrogens (tertiary/aromatic N) is 3. The summed E-state index contributed by atoms with van der Waals surface area (Å²) in [5, 5.41) is 11.2. The second kappa shape index (κ2) is 9.65. The Morgan fingerprint density at radius 3 is 2.46 bits per heavy atom. The number of rotatable bonds is 5. The van der Waals surface area contributed by atoms with E-state index in [-0.39, 0.29) is 11.0 Å². The smallest absolute Gasteiger partial charge is 0.336 e. The van der Waals surface area contributed by atoms with Crippen LogP contribution in [0.4, 0.5) is 0 Å². The fourth-order valence-electron chi connectivity index (χ4n) is 4.96. The van der Waals surface area contributed by atoms with Crippen molar-refractivity contribution in [2.45, 2.75) is 82.2 Å². The lowest BCUT2D eigenvalue weighted by Crippen LogP contribution is -2.15. The highest BCUT2D eigenvalue weighted by atomic mass is 32.2. The van der Waals surface area contributed by atoms with E-state index < -0.39 is 0 Å². The van der Waals surface area contributed by atoms with Crippen LogP contribution in [0, 0.1) is 6.92 Å². The summed E-state index contributed by atoms with van der Waals surface area (Å²) in [5.74, 6) is 1.58. The molecule has 0 radical (unpaired) electrons. The molecule has 0 atom stereocenters. The molecule has 2 heterocycles. The van der Waals surface area contributed by atoms with E-state index in [2.05, 4.69) is 65.9 Å². The quantitative estimate of drug-likeness (QED) is 0.216. The summed E-state index contributed by atoms with van der Waals surface area (Å²) in [6.45, 7) is 8.70. The van der Waals surface area contributed by atoms with Crippen LogP contribution in [0.1, 0.15) is 75.6 Å². The van der Waals surface area contributed by atoms with Gasteiger partial charge in [-0.2, -0.15) is 0 Å². The molecule has 2 aromatic heterocycles. The minimum atomic E-state index is -0.313. The molecule has 5 rings (SSSR count). The van der Waals surface area contributed by atoms with E-state index in [1.807, 2.05) is 19.1 Å². The van der Waals surface area contributed by atoms with Crippen LogP contribution < -0.4 is 5.63 Å². The minimum absolute atomic E-state index is 0.111. The Morgan fingerprint density at radius 1 is 1.00 bits per heavy atom. The Bertz CT molecular complexity index is 1390. The van der Waals surface area contributed by atoms with Gasteiger partial charge in [0.15, 0.2) is 11.0 Å². The maximum absolute atomic E-state index is 12.2. The van der Waals surface area contributed by atoms with Crippen molar-refractivity contribution in [3.8, 4) is 11.4 Å². The van der Waals surface area contributed by atoms with Crippen LogP contribution in [0.5, 0.6) is 0 Å². The number of hydrogen-bond acceptors (Lipinski definition) is 5. The molecule has 6 heteroatoms. The number of aromatic nitrogens is 3. The first-order valence-electron chi connectivity index (χ1n) is 12.5. The van der Waals surface area contributed by atoms with Crippen molar-refractivity contribution in [1.29, 1.82) is 0 Å². The maximum Gasteiger partial charge on any atom is 0.336 e. The summed E-state index contributed by atoms with van der Waals surface area (Å²) in [7, 11) is 0. The molecule has 0 spiro atoms.